The molecule has 0 unspecified atom stereocenters. The standard InChI is InChI=1S/C17H16N4O5/c22-7-12-11(26-17(24)10-4-2-1-3-5-10)6-13(25-12)21-9-20-14-15(21)18-8-19-16(14)23/h1-5,8-9,11-13,22H,6-7H2,(H,18,19,23)/t11-,12+,13+/m0/s1. The molecule has 2 N–H and O–H groups in total. The lowest BCUT2D eigenvalue weighted by atomic mass is 10.1. The lowest BCUT2D eigenvalue weighted by molar-refractivity contribution is -0.0500. The second-order valence-electron chi connectivity index (χ2n) is 5.91. The number of carbonyl (C=O) groups is 1. The number of rotatable bonds is 4. The quantitative estimate of drug-likeness (QED) is 0.658. The number of esters is 1. The number of hydrogen-bond donors (Lipinski definition) is 2. The van der Waals surface area contributed by atoms with Gasteiger partial charge in [-0.15, -0.1) is 0 Å². The van der Waals surface area contributed by atoms with Crippen molar-refractivity contribution in [3.63, 3.8) is 0 Å². The molecule has 0 spiro atoms. The maximum atomic E-state index is 12.3. The van der Waals surface area contributed by atoms with Crippen molar-refractivity contribution in [2.75, 3.05) is 6.61 Å². The van der Waals surface area contributed by atoms with E-state index in [4.69, 9.17) is 9.47 Å². The van der Waals surface area contributed by atoms with Crippen LogP contribution >= 0.6 is 0 Å². The number of H-pyrrole nitrogens is 1. The number of aliphatic hydroxyl groups excluding tert-OH is 1. The Hall–Kier alpha value is -3.04. The van der Waals surface area contributed by atoms with Crippen molar-refractivity contribution in [2.24, 2.45) is 0 Å². The van der Waals surface area contributed by atoms with Gasteiger partial charge in [-0.05, 0) is 12.1 Å². The van der Waals surface area contributed by atoms with Crippen molar-refractivity contribution < 1.29 is 19.4 Å². The van der Waals surface area contributed by atoms with Gasteiger partial charge in [0.15, 0.2) is 11.2 Å². The average molecular weight is 356 g/mol. The van der Waals surface area contributed by atoms with Gasteiger partial charge >= 0.3 is 5.97 Å². The molecule has 3 atom stereocenters. The molecule has 26 heavy (non-hydrogen) atoms. The minimum Gasteiger partial charge on any atom is -0.456 e. The molecule has 3 aromatic rings. The summed E-state index contributed by atoms with van der Waals surface area (Å²) in [7, 11) is 0. The van der Waals surface area contributed by atoms with Crippen molar-refractivity contribution in [3.8, 4) is 0 Å². The van der Waals surface area contributed by atoms with Gasteiger partial charge in [-0.2, -0.15) is 0 Å². The third-order valence-corrected chi connectivity index (χ3v) is 4.30. The first-order valence-corrected chi connectivity index (χ1v) is 8.10. The lowest BCUT2D eigenvalue weighted by Gasteiger charge is -2.16. The van der Waals surface area contributed by atoms with E-state index >= 15 is 0 Å². The van der Waals surface area contributed by atoms with E-state index in [1.54, 1.807) is 34.9 Å². The summed E-state index contributed by atoms with van der Waals surface area (Å²) in [6, 6.07) is 8.61. The largest absolute Gasteiger partial charge is 0.456 e. The van der Waals surface area contributed by atoms with E-state index in [2.05, 4.69) is 15.0 Å². The molecule has 0 amide bonds. The predicted octanol–water partition coefficient (Wildman–Crippen LogP) is 0.625. The summed E-state index contributed by atoms with van der Waals surface area (Å²) in [5.41, 5.74) is 0.637. The Bertz CT molecular complexity index is 983. The van der Waals surface area contributed by atoms with Gasteiger partial charge < -0.3 is 19.6 Å². The first-order valence-electron chi connectivity index (χ1n) is 8.10. The first kappa shape index (κ1) is 16.4. The van der Waals surface area contributed by atoms with Crippen LogP contribution in [0.2, 0.25) is 0 Å². The zero-order valence-electron chi connectivity index (χ0n) is 13.6. The highest BCUT2D eigenvalue weighted by atomic mass is 16.6. The molecule has 1 aromatic carbocycles. The number of ether oxygens (including phenoxy) is 2. The van der Waals surface area contributed by atoms with Gasteiger partial charge in [-0.1, -0.05) is 18.2 Å². The zero-order valence-corrected chi connectivity index (χ0v) is 13.6. The van der Waals surface area contributed by atoms with E-state index in [1.165, 1.54) is 12.7 Å². The number of nitrogens with zero attached hydrogens (tertiary/aromatic N) is 3. The Kier molecular flexibility index (Phi) is 4.23. The summed E-state index contributed by atoms with van der Waals surface area (Å²) >= 11 is 0. The predicted molar refractivity (Wildman–Crippen MR) is 89.4 cm³/mol. The molecule has 9 nitrogen and oxygen atoms in total. The average Bonchev–Trinajstić information content (AvgIpc) is 3.27. The molecule has 0 saturated carbocycles. The van der Waals surface area contributed by atoms with E-state index in [0.717, 1.165) is 0 Å². The number of carbonyl (C=O) groups excluding carboxylic acids is 1. The fraction of sp³-hybridized carbons (Fsp3) is 0.294. The Morgan fingerprint density at radius 2 is 2.15 bits per heavy atom. The second-order valence-corrected chi connectivity index (χ2v) is 5.91. The summed E-state index contributed by atoms with van der Waals surface area (Å²) in [4.78, 5) is 34.7. The molecular weight excluding hydrogens is 340 g/mol. The van der Waals surface area contributed by atoms with Crippen LogP contribution in [0, 0.1) is 0 Å². The van der Waals surface area contributed by atoms with Crippen molar-refractivity contribution in [1.29, 1.82) is 0 Å². The highest BCUT2D eigenvalue weighted by Crippen LogP contribution is 2.32. The van der Waals surface area contributed by atoms with Crippen LogP contribution in [0.1, 0.15) is 23.0 Å². The number of aromatic amines is 1. The minimum absolute atomic E-state index is 0.196. The van der Waals surface area contributed by atoms with Gasteiger partial charge in [0.2, 0.25) is 0 Å². The van der Waals surface area contributed by atoms with Crippen LogP contribution in [0.25, 0.3) is 11.2 Å². The van der Waals surface area contributed by atoms with E-state index in [-0.39, 0.29) is 17.7 Å². The lowest BCUT2D eigenvalue weighted by Crippen LogP contribution is -2.30. The van der Waals surface area contributed by atoms with Crippen LogP contribution in [0.3, 0.4) is 0 Å². The third kappa shape index (κ3) is 2.87. The highest BCUT2D eigenvalue weighted by molar-refractivity contribution is 5.89. The topological polar surface area (TPSA) is 119 Å². The van der Waals surface area contributed by atoms with Crippen molar-refractivity contribution in [2.45, 2.75) is 24.9 Å². The fourth-order valence-electron chi connectivity index (χ4n) is 3.01. The normalized spacial score (nSPS) is 22.6. The minimum atomic E-state index is -0.674. The van der Waals surface area contributed by atoms with Crippen molar-refractivity contribution in [1.82, 2.24) is 19.5 Å². The Morgan fingerprint density at radius 3 is 2.92 bits per heavy atom. The van der Waals surface area contributed by atoms with Crippen LogP contribution < -0.4 is 5.56 Å². The number of aromatic nitrogens is 4. The van der Waals surface area contributed by atoms with Crippen LogP contribution in [0.15, 0.2) is 47.8 Å². The Labute approximate surface area is 147 Å². The first-order chi connectivity index (χ1) is 12.7. The molecule has 2 aromatic heterocycles. The molecule has 4 rings (SSSR count). The van der Waals surface area contributed by atoms with Crippen molar-refractivity contribution in [3.05, 3.63) is 58.9 Å². The Balaban J connectivity index is 1.56. The summed E-state index contributed by atoms with van der Waals surface area (Å²) < 4.78 is 12.9. The molecule has 0 radical (unpaired) electrons. The molecule has 1 aliphatic rings. The summed E-state index contributed by atoms with van der Waals surface area (Å²) in [6.45, 7) is -0.302. The van der Waals surface area contributed by atoms with Gasteiger partial charge in [-0.25, -0.2) is 14.8 Å². The number of benzene rings is 1. The second kappa shape index (κ2) is 6.70. The number of imidazole rings is 1. The van der Waals surface area contributed by atoms with E-state index in [1.807, 2.05) is 0 Å². The van der Waals surface area contributed by atoms with E-state index in [9.17, 15) is 14.7 Å². The SMILES string of the molecule is O=C(O[C@H]1C[C@H](n2cnc3c(=O)[nH]cnc32)O[C@@H]1CO)c1ccccc1. The maximum absolute atomic E-state index is 12.3. The molecule has 134 valence electrons. The van der Waals surface area contributed by atoms with Crippen LogP contribution in [0.5, 0.6) is 0 Å². The highest BCUT2D eigenvalue weighted by Gasteiger charge is 2.39. The molecule has 9 heteroatoms. The summed E-state index contributed by atoms with van der Waals surface area (Å²) in [5, 5.41) is 9.58. The van der Waals surface area contributed by atoms with Gasteiger partial charge in [0.25, 0.3) is 5.56 Å². The van der Waals surface area contributed by atoms with Crippen molar-refractivity contribution >= 4 is 17.1 Å². The van der Waals surface area contributed by atoms with Crippen LogP contribution in [0.4, 0.5) is 0 Å². The molecule has 1 saturated heterocycles. The van der Waals surface area contributed by atoms with Gasteiger partial charge in [0.05, 0.1) is 24.8 Å². The maximum Gasteiger partial charge on any atom is 0.338 e. The fourth-order valence-corrected chi connectivity index (χ4v) is 3.01. The zero-order chi connectivity index (χ0) is 18.1. The van der Waals surface area contributed by atoms with Crippen LogP contribution in [-0.2, 0) is 9.47 Å². The number of aliphatic hydroxyl groups is 1. The summed E-state index contributed by atoms with van der Waals surface area (Å²) in [6.07, 6.45) is 1.19. The van der Waals surface area contributed by atoms with Gasteiger partial charge in [0, 0.05) is 6.42 Å². The number of hydrogen-bond acceptors (Lipinski definition) is 7. The number of nitrogens with one attached hydrogen (secondary N) is 1. The molecule has 0 aliphatic carbocycles. The Morgan fingerprint density at radius 1 is 1.35 bits per heavy atom. The third-order valence-electron chi connectivity index (χ3n) is 4.30. The molecule has 0 bridgehead atoms. The van der Waals surface area contributed by atoms with Crippen LogP contribution in [-0.4, -0.2) is 49.4 Å². The van der Waals surface area contributed by atoms with E-state index < -0.39 is 24.4 Å². The summed E-state index contributed by atoms with van der Waals surface area (Å²) in [5.74, 6) is -0.483. The molecule has 1 fully saturated rings. The van der Waals surface area contributed by atoms with Gasteiger partial charge in [-0.3, -0.25) is 9.36 Å². The van der Waals surface area contributed by atoms with E-state index in [0.29, 0.717) is 17.6 Å². The molecule has 3 heterocycles. The van der Waals surface area contributed by atoms with Gasteiger partial charge in [0.1, 0.15) is 18.4 Å². The smallest absolute Gasteiger partial charge is 0.338 e. The number of fused-ring (bicyclic) bond motifs is 1. The monoisotopic (exact) mass is 356 g/mol. The molecular formula is C17H16N4O5. The molecule has 1 aliphatic heterocycles.